The first-order valence-electron chi connectivity index (χ1n) is 5.49. The van der Waals surface area contributed by atoms with Crippen molar-refractivity contribution in [2.45, 2.75) is 0 Å². The molecule has 1 aliphatic rings. The van der Waals surface area contributed by atoms with Gasteiger partial charge in [0.1, 0.15) is 13.1 Å². The van der Waals surface area contributed by atoms with E-state index in [4.69, 9.17) is 12.2 Å². The summed E-state index contributed by atoms with van der Waals surface area (Å²) in [5, 5.41) is 3.86. The molecule has 1 fully saturated rings. The van der Waals surface area contributed by atoms with Crippen LogP contribution in [0.1, 0.15) is 0 Å². The Bertz CT molecular complexity index is 346. The molecule has 1 aliphatic heterocycles. The molecule has 0 bridgehead atoms. The molecule has 16 heavy (non-hydrogen) atoms. The second-order valence-electron chi connectivity index (χ2n) is 3.78. The average molecular weight is 237 g/mol. The van der Waals surface area contributed by atoms with Crippen LogP contribution in [-0.2, 0) is 0 Å². The highest BCUT2D eigenvalue weighted by Gasteiger charge is 2.23. The van der Waals surface area contributed by atoms with Crippen molar-refractivity contribution < 1.29 is 4.98 Å². The maximum atomic E-state index is 5.22. The fraction of sp³-hybridized carbons (Fsp3) is 0.455. The smallest absolute Gasteiger partial charge is 0.274 e. The molecule has 0 radical (unpaired) electrons. The van der Waals surface area contributed by atoms with Crippen LogP contribution in [0.3, 0.4) is 0 Å². The van der Waals surface area contributed by atoms with E-state index >= 15 is 0 Å². The molecule has 0 amide bonds. The second kappa shape index (κ2) is 5.12. The summed E-state index contributed by atoms with van der Waals surface area (Å²) < 4.78 is 0. The Balaban J connectivity index is 1.93. The summed E-state index contributed by atoms with van der Waals surface area (Å²) in [6.07, 6.45) is 1.96. The Labute approximate surface area is 101 Å². The summed E-state index contributed by atoms with van der Waals surface area (Å²) in [6, 6.07) is 6.15. The van der Waals surface area contributed by atoms with Gasteiger partial charge in [0, 0.05) is 13.1 Å². The molecule has 5 heteroatoms. The van der Waals surface area contributed by atoms with Crippen molar-refractivity contribution in [3.05, 3.63) is 24.4 Å². The van der Waals surface area contributed by atoms with E-state index in [2.05, 4.69) is 32.2 Å². The van der Waals surface area contributed by atoms with Gasteiger partial charge in [-0.05, 0) is 18.3 Å². The highest BCUT2D eigenvalue weighted by molar-refractivity contribution is 7.80. The number of hydrogen-bond acceptors (Lipinski definition) is 2. The first-order chi connectivity index (χ1) is 7.81. The molecule has 86 valence electrons. The number of rotatable bonds is 1. The van der Waals surface area contributed by atoms with Gasteiger partial charge in [-0.2, -0.15) is 0 Å². The Morgan fingerprint density at radius 3 is 2.62 bits per heavy atom. The quantitative estimate of drug-likeness (QED) is 0.704. The third kappa shape index (κ3) is 2.41. The molecule has 1 saturated heterocycles. The summed E-state index contributed by atoms with van der Waals surface area (Å²) in [5.41, 5.74) is 0. The lowest BCUT2D eigenvalue weighted by atomic mass is 10.3. The third-order valence-electron chi connectivity index (χ3n) is 2.81. The van der Waals surface area contributed by atoms with E-state index in [0.29, 0.717) is 0 Å². The number of hydrogen-bond donors (Lipinski definition) is 1. The van der Waals surface area contributed by atoms with Crippen molar-refractivity contribution in [1.29, 1.82) is 0 Å². The lowest BCUT2D eigenvalue weighted by Crippen LogP contribution is -2.52. The Hall–Kier alpha value is -1.36. The Kier molecular flexibility index (Phi) is 3.56. The molecular weight excluding hydrogens is 220 g/mol. The molecular formula is C11H17N4S+. The summed E-state index contributed by atoms with van der Waals surface area (Å²) in [4.78, 5) is 7.80. The number of nitrogens with zero attached hydrogens (tertiary/aromatic N) is 2. The van der Waals surface area contributed by atoms with Crippen LogP contribution in [0.4, 0.5) is 5.82 Å². The molecule has 0 spiro atoms. The van der Waals surface area contributed by atoms with Gasteiger partial charge in [-0.25, -0.2) is 4.98 Å². The second-order valence-corrected chi connectivity index (χ2v) is 4.16. The minimum Gasteiger partial charge on any atom is -0.366 e. The monoisotopic (exact) mass is 237 g/mol. The number of piperazine rings is 1. The molecule has 4 nitrogen and oxygen atoms in total. The normalized spacial score (nSPS) is 16.1. The van der Waals surface area contributed by atoms with Gasteiger partial charge in [-0.1, -0.05) is 6.07 Å². The van der Waals surface area contributed by atoms with E-state index in [0.717, 1.165) is 31.3 Å². The zero-order valence-corrected chi connectivity index (χ0v) is 10.3. The van der Waals surface area contributed by atoms with Crippen LogP contribution in [0, 0.1) is 0 Å². The number of aromatic nitrogens is 1. The summed E-state index contributed by atoms with van der Waals surface area (Å²) in [5.74, 6) is 1.18. The number of anilines is 1. The average Bonchev–Trinajstić information content (AvgIpc) is 2.39. The zero-order valence-electron chi connectivity index (χ0n) is 9.44. The fourth-order valence-electron chi connectivity index (χ4n) is 1.89. The SMILES string of the molecule is CNC(=S)N1CCN(c2cccc[nH+]2)CC1. The number of thiocarbonyl (C=S) groups is 1. The van der Waals surface area contributed by atoms with Gasteiger partial charge < -0.3 is 10.2 Å². The van der Waals surface area contributed by atoms with Gasteiger partial charge in [0.15, 0.2) is 5.11 Å². The predicted octanol–water partition coefficient (Wildman–Crippen LogP) is 0.127. The molecule has 2 heterocycles. The van der Waals surface area contributed by atoms with E-state index in [1.165, 1.54) is 5.82 Å². The first-order valence-corrected chi connectivity index (χ1v) is 5.90. The topological polar surface area (TPSA) is 32.6 Å². The maximum absolute atomic E-state index is 5.22. The first kappa shape index (κ1) is 11.1. The molecule has 0 aromatic carbocycles. The van der Waals surface area contributed by atoms with Crippen molar-refractivity contribution in [3.8, 4) is 0 Å². The van der Waals surface area contributed by atoms with E-state index in [1.807, 2.05) is 19.3 Å². The van der Waals surface area contributed by atoms with Gasteiger partial charge in [0.05, 0.1) is 19.3 Å². The van der Waals surface area contributed by atoms with E-state index in [9.17, 15) is 0 Å². The van der Waals surface area contributed by atoms with Crippen LogP contribution in [-0.4, -0.2) is 43.2 Å². The van der Waals surface area contributed by atoms with Crippen molar-refractivity contribution in [2.75, 3.05) is 38.1 Å². The highest BCUT2D eigenvalue weighted by atomic mass is 32.1. The highest BCUT2D eigenvalue weighted by Crippen LogP contribution is 2.09. The van der Waals surface area contributed by atoms with Crippen LogP contribution in [0.2, 0.25) is 0 Å². The fourth-order valence-corrected chi connectivity index (χ4v) is 2.07. The number of pyridine rings is 1. The standard InChI is InChI=1S/C11H16N4S/c1-12-11(16)15-8-6-14(7-9-15)10-4-2-3-5-13-10/h2-5H,6-9H2,1H3,(H,12,16)/p+1. The van der Waals surface area contributed by atoms with Gasteiger partial charge in [0.2, 0.25) is 0 Å². The van der Waals surface area contributed by atoms with E-state index in [1.54, 1.807) is 0 Å². The molecule has 2 N–H and O–H groups in total. The minimum absolute atomic E-state index is 0.844. The van der Waals surface area contributed by atoms with Crippen LogP contribution >= 0.6 is 12.2 Å². The van der Waals surface area contributed by atoms with E-state index in [-0.39, 0.29) is 0 Å². The van der Waals surface area contributed by atoms with Crippen LogP contribution in [0.25, 0.3) is 0 Å². The largest absolute Gasteiger partial charge is 0.366 e. The van der Waals surface area contributed by atoms with Gasteiger partial charge in [-0.15, -0.1) is 0 Å². The van der Waals surface area contributed by atoms with Crippen LogP contribution < -0.4 is 15.2 Å². The lowest BCUT2D eigenvalue weighted by Gasteiger charge is -2.32. The number of nitrogens with one attached hydrogen (secondary N) is 2. The molecule has 1 aromatic rings. The van der Waals surface area contributed by atoms with Crippen LogP contribution in [0.5, 0.6) is 0 Å². The number of H-pyrrole nitrogens is 1. The lowest BCUT2D eigenvalue weighted by molar-refractivity contribution is -0.364. The van der Waals surface area contributed by atoms with Gasteiger partial charge >= 0.3 is 0 Å². The summed E-state index contributed by atoms with van der Waals surface area (Å²) >= 11 is 5.22. The molecule has 2 rings (SSSR count). The van der Waals surface area contributed by atoms with Gasteiger partial charge in [-0.3, -0.25) is 4.90 Å². The van der Waals surface area contributed by atoms with Gasteiger partial charge in [0.25, 0.3) is 5.82 Å². The molecule has 1 aromatic heterocycles. The third-order valence-corrected chi connectivity index (χ3v) is 3.28. The molecule has 0 saturated carbocycles. The van der Waals surface area contributed by atoms with E-state index < -0.39 is 0 Å². The summed E-state index contributed by atoms with van der Waals surface area (Å²) in [7, 11) is 1.87. The van der Waals surface area contributed by atoms with Crippen molar-refractivity contribution in [1.82, 2.24) is 10.2 Å². The maximum Gasteiger partial charge on any atom is 0.274 e. The predicted molar refractivity (Wildman–Crippen MR) is 68.4 cm³/mol. The van der Waals surface area contributed by atoms with Crippen molar-refractivity contribution in [2.24, 2.45) is 0 Å². The number of aromatic amines is 1. The van der Waals surface area contributed by atoms with Crippen molar-refractivity contribution >= 4 is 23.1 Å². The minimum atomic E-state index is 0.844. The molecule has 0 atom stereocenters. The zero-order chi connectivity index (χ0) is 11.4. The van der Waals surface area contributed by atoms with Crippen LogP contribution in [0.15, 0.2) is 24.4 Å². The Morgan fingerprint density at radius 1 is 1.31 bits per heavy atom. The summed E-state index contributed by atoms with van der Waals surface area (Å²) in [6.45, 7) is 3.95. The Morgan fingerprint density at radius 2 is 2.06 bits per heavy atom. The molecule has 0 unspecified atom stereocenters. The molecule has 0 aliphatic carbocycles. The van der Waals surface area contributed by atoms with Crippen molar-refractivity contribution in [3.63, 3.8) is 0 Å².